The number of imidazole rings is 1. The van der Waals surface area contributed by atoms with E-state index < -0.39 is 6.10 Å². The summed E-state index contributed by atoms with van der Waals surface area (Å²) in [7, 11) is 0. The molecule has 0 saturated heterocycles. The van der Waals surface area contributed by atoms with E-state index in [1.165, 1.54) is 12.8 Å². The summed E-state index contributed by atoms with van der Waals surface area (Å²) in [6.45, 7) is 2.02. The van der Waals surface area contributed by atoms with Crippen LogP contribution >= 0.6 is 0 Å². The zero-order valence-electron chi connectivity index (χ0n) is 9.87. The van der Waals surface area contributed by atoms with E-state index >= 15 is 0 Å². The van der Waals surface area contributed by atoms with Crippen molar-refractivity contribution >= 4 is 0 Å². The van der Waals surface area contributed by atoms with Gasteiger partial charge in [0, 0.05) is 6.04 Å². The Morgan fingerprint density at radius 2 is 2.12 bits per heavy atom. The molecule has 1 atom stereocenters. The zero-order chi connectivity index (χ0) is 11.8. The molecule has 1 aliphatic carbocycles. The predicted molar refractivity (Wildman–Crippen MR) is 65.7 cm³/mol. The molecule has 2 aromatic rings. The van der Waals surface area contributed by atoms with Crippen molar-refractivity contribution in [2.24, 2.45) is 0 Å². The number of aryl methyl sites for hydroxylation is 1. The number of benzene rings is 1. The molecule has 17 heavy (non-hydrogen) atoms. The summed E-state index contributed by atoms with van der Waals surface area (Å²) in [4.78, 5) is 4.16. The molecule has 1 aromatic heterocycles. The van der Waals surface area contributed by atoms with Crippen molar-refractivity contribution < 1.29 is 5.11 Å². The van der Waals surface area contributed by atoms with E-state index in [2.05, 4.69) is 9.55 Å². The lowest BCUT2D eigenvalue weighted by Gasteiger charge is -2.15. The number of nitrogens with zero attached hydrogens (tertiary/aromatic N) is 2. The van der Waals surface area contributed by atoms with E-state index in [0.29, 0.717) is 6.04 Å². The fourth-order valence-electron chi connectivity index (χ4n) is 2.24. The van der Waals surface area contributed by atoms with E-state index in [9.17, 15) is 5.11 Å². The Labute approximate surface area is 101 Å². The highest BCUT2D eigenvalue weighted by Crippen LogP contribution is 2.38. The zero-order valence-corrected chi connectivity index (χ0v) is 9.87. The van der Waals surface area contributed by atoms with Gasteiger partial charge in [0.1, 0.15) is 6.10 Å². The standard InChI is InChI=1S/C14H16N2O/c1-10-4-2-3-5-12(10)14(17)13-8-15-9-16(13)11-6-7-11/h2-5,8-9,11,14,17H,6-7H2,1H3. The molecule has 1 heterocycles. The Balaban J connectivity index is 1.98. The third-order valence-electron chi connectivity index (χ3n) is 3.40. The van der Waals surface area contributed by atoms with Crippen molar-refractivity contribution in [2.75, 3.05) is 0 Å². The van der Waals surface area contributed by atoms with Crippen LogP contribution in [0, 0.1) is 6.92 Å². The van der Waals surface area contributed by atoms with Crippen LogP contribution < -0.4 is 0 Å². The lowest BCUT2D eigenvalue weighted by molar-refractivity contribution is 0.209. The number of hydrogen-bond acceptors (Lipinski definition) is 2. The van der Waals surface area contributed by atoms with Gasteiger partial charge in [0.2, 0.25) is 0 Å². The van der Waals surface area contributed by atoms with Crippen molar-refractivity contribution in [3.63, 3.8) is 0 Å². The third-order valence-corrected chi connectivity index (χ3v) is 3.40. The van der Waals surface area contributed by atoms with Crippen molar-refractivity contribution in [1.82, 2.24) is 9.55 Å². The average Bonchev–Trinajstić information content (AvgIpc) is 3.07. The first-order valence-corrected chi connectivity index (χ1v) is 6.02. The molecule has 0 aliphatic heterocycles. The Bertz CT molecular complexity index is 529. The average molecular weight is 228 g/mol. The van der Waals surface area contributed by atoms with Crippen LogP contribution in [-0.2, 0) is 0 Å². The Morgan fingerprint density at radius 3 is 2.82 bits per heavy atom. The summed E-state index contributed by atoms with van der Waals surface area (Å²) < 4.78 is 2.11. The normalized spacial score (nSPS) is 17.1. The van der Waals surface area contributed by atoms with Crippen LogP contribution in [0.5, 0.6) is 0 Å². The lowest BCUT2D eigenvalue weighted by Crippen LogP contribution is -2.08. The highest BCUT2D eigenvalue weighted by molar-refractivity contribution is 5.32. The summed E-state index contributed by atoms with van der Waals surface area (Å²) in [6, 6.07) is 8.50. The number of aliphatic hydroxyl groups is 1. The number of aliphatic hydroxyl groups excluding tert-OH is 1. The fraction of sp³-hybridized carbons (Fsp3) is 0.357. The maximum absolute atomic E-state index is 10.5. The maximum atomic E-state index is 10.5. The minimum absolute atomic E-state index is 0.547. The first-order valence-electron chi connectivity index (χ1n) is 6.02. The second-order valence-corrected chi connectivity index (χ2v) is 4.72. The molecule has 0 amide bonds. The van der Waals surface area contributed by atoms with Gasteiger partial charge in [-0.05, 0) is 30.9 Å². The second kappa shape index (κ2) is 4.00. The van der Waals surface area contributed by atoms with Gasteiger partial charge in [-0.25, -0.2) is 4.98 Å². The van der Waals surface area contributed by atoms with Crippen LogP contribution in [-0.4, -0.2) is 14.7 Å². The molecule has 1 unspecified atom stereocenters. The number of rotatable bonds is 3. The van der Waals surface area contributed by atoms with Crippen LogP contribution in [0.15, 0.2) is 36.8 Å². The van der Waals surface area contributed by atoms with Crippen LogP contribution in [0.3, 0.4) is 0 Å². The molecule has 1 N–H and O–H groups in total. The summed E-state index contributed by atoms with van der Waals surface area (Å²) in [5.74, 6) is 0. The van der Waals surface area contributed by atoms with Crippen molar-refractivity contribution in [3.05, 3.63) is 53.6 Å². The quantitative estimate of drug-likeness (QED) is 0.877. The van der Waals surface area contributed by atoms with E-state index in [0.717, 1.165) is 16.8 Å². The number of aromatic nitrogens is 2. The molecule has 3 nitrogen and oxygen atoms in total. The summed E-state index contributed by atoms with van der Waals surface area (Å²) in [5.41, 5.74) is 2.99. The van der Waals surface area contributed by atoms with Crippen LogP contribution in [0.4, 0.5) is 0 Å². The van der Waals surface area contributed by atoms with E-state index in [1.807, 2.05) is 37.5 Å². The second-order valence-electron chi connectivity index (χ2n) is 4.72. The van der Waals surface area contributed by atoms with E-state index in [1.54, 1.807) is 6.20 Å². The lowest BCUT2D eigenvalue weighted by atomic mass is 10.0. The Morgan fingerprint density at radius 1 is 1.35 bits per heavy atom. The van der Waals surface area contributed by atoms with E-state index in [4.69, 9.17) is 0 Å². The summed E-state index contributed by atoms with van der Waals surface area (Å²) in [6.07, 6.45) is 5.43. The van der Waals surface area contributed by atoms with Crippen molar-refractivity contribution in [2.45, 2.75) is 31.9 Å². The summed E-state index contributed by atoms with van der Waals surface area (Å²) >= 11 is 0. The van der Waals surface area contributed by atoms with Crippen molar-refractivity contribution in [1.29, 1.82) is 0 Å². The molecular formula is C14H16N2O. The van der Waals surface area contributed by atoms with Gasteiger partial charge in [-0.3, -0.25) is 0 Å². The van der Waals surface area contributed by atoms with Gasteiger partial charge in [0.15, 0.2) is 0 Å². The van der Waals surface area contributed by atoms with Gasteiger partial charge in [0.25, 0.3) is 0 Å². The molecular weight excluding hydrogens is 212 g/mol. The summed E-state index contributed by atoms with van der Waals surface area (Å²) in [5, 5.41) is 10.5. The molecule has 1 fully saturated rings. The molecule has 0 bridgehead atoms. The highest BCUT2D eigenvalue weighted by Gasteiger charge is 2.28. The third kappa shape index (κ3) is 1.87. The molecule has 1 saturated carbocycles. The Hall–Kier alpha value is -1.61. The van der Waals surface area contributed by atoms with Crippen molar-refractivity contribution in [3.8, 4) is 0 Å². The largest absolute Gasteiger partial charge is 0.382 e. The van der Waals surface area contributed by atoms with Gasteiger partial charge < -0.3 is 9.67 Å². The van der Waals surface area contributed by atoms with Gasteiger partial charge >= 0.3 is 0 Å². The Kier molecular flexibility index (Phi) is 2.48. The first kappa shape index (κ1) is 10.5. The maximum Gasteiger partial charge on any atom is 0.121 e. The fourth-order valence-corrected chi connectivity index (χ4v) is 2.24. The number of hydrogen-bond donors (Lipinski definition) is 1. The predicted octanol–water partition coefficient (Wildman–Crippen LogP) is 2.61. The first-order chi connectivity index (χ1) is 8.27. The SMILES string of the molecule is Cc1ccccc1C(O)c1cncn1C1CC1. The van der Waals surface area contributed by atoms with Gasteiger partial charge in [-0.2, -0.15) is 0 Å². The topological polar surface area (TPSA) is 38.1 Å². The molecule has 3 rings (SSSR count). The minimum Gasteiger partial charge on any atom is -0.382 e. The van der Waals surface area contributed by atoms with Gasteiger partial charge in [0.05, 0.1) is 18.2 Å². The molecule has 0 radical (unpaired) electrons. The molecule has 0 spiro atoms. The van der Waals surface area contributed by atoms with Gasteiger partial charge in [-0.15, -0.1) is 0 Å². The smallest absolute Gasteiger partial charge is 0.121 e. The van der Waals surface area contributed by atoms with Crippen LogP contribution in [0.25, 0.3) is 0 Å². The monoisotopic (exact) mass is 228 g/mol. The van der Waals surface area contributed by atoms with E-state index in [-0.39, 0.29) is 0 Å². The molecule has 1 aromatic carbocycles. The van der Waals surface area contributed by atoms with Crippen LogP contribution in [0.1, 0.15) is 41.8 Å². The highest BCUT2D eigenvalue weighted by atomic mass is 16.3. The molecule has 88 valence electrons. The van der Waals surface area contributed by atoms with Crippen LogP contribution in [0.2, 0.25) is 0 Å². The molecule has 3 heteroatoms. The van der Waals surface area contributed by atoms with Gasteiger partial charge in [-0.1, -0.05) is 24.3 Å². The minimum atomic E-state index is -0.570. The molecule has 1 aliphatic rings.